The number of H-pyrrole nitrogens is 1. The van der Waals surface area contributed by atoms with Gasteiger partial charge in [0.1, 0.15) is 11.9 Å². The van der Waals surface area contributed by atoms with Crippen LogP contribution in [0.3, 0.4) is 0 Å². The molecular weight excluding hydrogens is 242 g/mol. The molecule has 0 saturated heterocycles. The summed E-state index contributed by atoms with van der Waals surface area (Å²) in [6.07, 6.45) is 3.60. The fourth-order valence-electron chi connectivity index (χ4n) is 2.04. The van der Waals surface area contributed by atoms with Gasteiger partial charge in [-0.15, -0.1) is 0 Å². The Hall–Kier alpha value is -1.88. The first-order valence-electron chi connectivity index (χ1n) is 6.56. The van der Waals surface area contributed by atoms with Crippen molar-refractivity contribution in [3.05, 3.63) is 29.6 Å². The molecule has 1 aromatic carbocycles. The van der Waals surface area contributed by atoms with Crippen LogP contribution in [-0.2, 0) is 17.6 Å². The zero-order valence-electron chi connectivity index (χ0n) is 11.0. The van der Waals surface area contributed by atoms with Crippen molar-refractivity contribution in [2.24, 2.45) is 5.73 Å². The van der Waals surface area contributed by atoms with Crippen LogP contribution in [0.15, 0.2) is 18.2 Å². The number of nitrogens with zero attached hydrogens (tertiary/aromatic N) is 1. The molecule has 0 unspecified atom stereocenters. The molecule has 2 aromatic rings. The van der Waals surface area contributed by atoms with Gasteiger partial charge in [0.05, 0.1) is 11.0 Å². The van der Waals surface area contributed by atoms with Crippen LogP contribution in [0.2, 0.25) is 0 Å². The van der Waals surface area contributed by atoms with E-state index in [4.69, 9.17) is 10.8 Å². The average molecular weight is 261 g/mol. The van der Waals surface area contributed by atoms with E-state index in [0.29, 0.717) is 5.82 Å². The standard InChI is InChI=1S/C14H19N3O2/c1-2-3-4-9-5-6-11-12(7-9)17-13(16-11)8-10(15)14(18)19/h5-7,10H,2-4,8,15H2,1H3,(H,16,17)(H,18,19)/t10-/m0/s1. The van der Waals surface area contributed by atoms with Crippen molar-refractivity contribution < 1.29 is 9.90 Å². The van der Waals surface area contributed by atoms with Gasteiger partial charge in [0, 0.05) is 6.42 Å². The maximum absolute atomic E-state index is 10.7. The Balaban J connectivity index is 2.18. The highest BCUT2D eigenvalue weighted by atomic mass is 16.4. The normalized spacial score (nSPS) is 12.7. The van der Waals surface area contributed by atoms with Gasteiger partial charge in [-0.3, -0.25) is 4.79 Å². The van der Waals surface area contributed by atoms with Gasteiger partial charge in [0.15, 0.2) is 0 Å². The molecule has 102 valence electrons. The molecule has 5 nitrogen and oxygen atoms in total. The third-order valence-corrected chi connectivity index (χ3v) is 3.14. The number of carbonyl (C=O) groups is 1. The van der Waals surface area contributed by atoms with Crippen molar-refractivity contribution >= 4 is 17.0 Å². The maximum Gasteiger partial charge on any atom is 0.320 e. The first-order chi connectivity index (χ1) is 9.10. The fourth-order valence-corrected chi connectivity index (χ4v) is 2.04. The summed E-state index contributed by atoms with van der Waals surface area (Å²) in [5.74, 6) is -0.387. The Kier molecular flexibility index (Phi) is 4.16. The number of aromatic amines is 1. The monoisotopic (exact) mass is 261 g/mol. The van der Waals surface area contributed by atoms with Gasteiger partial charge >= 0.3 is 5.97 Å². The fraction of sp³-hybridized carbons (Fsp3) is 0.429. The first kappa shape index (κ1) is 13.5. The molecule has 0 aliphatic carbocycles. The van der Waals surface area contributed by atoms with E-state index in [1.165, 1.54) is 12.0 Å². The van der Waals surface area contributed by atoms with Crippen molar-refractivity contribution in [2.45, 2.75) is 38.6 Å². The lowest BCUT2D eigenvalue weighted by atomic mass is 10.1. The highest BCUT2D eigenvalue weighted by Gasteiger charge is 2.14. The average Bonchev–Trinajstić information content (AvgIpc) is 2.77. The zero-order valence-corrected chi connectivity index (χ0v) is 11.0. The van der Waals surface area contributed by atoms with Crippen molar-refractivity contribution in [1.29, 1.82) is 0 Å². The number of fused-ring (bicyclic) bond motifs is 1. The number of nitrogens with one attached hydrogen (secondary N) is 1. The lowest BCUT2D eigenvalue weighted by Gasteiger charge is -2.01. The molecule has 1 aromatic heterocycles. The van der Waals surface area contributed by atoms with Gasteiger partial charge in [-0.05, 0) is 30.5 Å². The molecule has 0 spiro atoms. The Morgan fingerprint density at radius 2 is 2.32 bits per heavy atom. The third-order valence-electron chi connectivity index (χ3n) is 3.14. The lowest BCUT2D eigenvalue weighted by molar-refractivity contribution is -0.138. The molecule has 5 heteroatoms. The molecule has 0 fully saturated rings. The van der Waals surface area contributed by atoms with Crippen LogP contribution in [0.1, 0.15) is 31.2 Å². The molecular formula is C14H19N3O2. The van der Waals surface area contributed by atoms with Crippen molar-refractivity contribution in [1.82, 2.24) is 9.97 Å². The van der Waals surface area contributed by atoms with Gasteiger partial charge in [-0.25, -0.2) is 4.98 Å². The number of aromatic nitrogens is 2. The van der Waals surface area contributed by atoms with E-state index in [1.54, 1.807) is 0 Å². The Morgan fingerprint density at radius 1 is 1.53 bits per heavy atom. The second kappa shape index (κ2) is 5.84. The van der Waals surface area contributed by atoms with Gasteiger partial charge in [-0.1, -0.05) is 19.4 Å². The van der Waals surface area contributed by atoms with E-state index in [-0.39, 0.29) is 6.42 Å². The number of hydrogen-bond donors (Lipinski definition) is 3. The number of nitrogens with two attached hydrogens (primary N) is 1. The molecule has 0 amide bonds. The van der Waals surface area contributed by atoms with Crippen LogP contribution in [0.25, 0.3) is 11.0 Å². The summed E-state index contributed by atoms with van der Waals surface area (Å²) < 4.78 is 0. The SMILES string of the molecule is CCCCc1ccc2nc(C[C@H](N)C(=O)O)[nH]c2c1. The number of hydrogen-bond acceptors (Lipinski definition) is 3. The predicted molar refractivity (Wildman–Crippen MR) is 74.0 cm³/mol. The Morgan fingerprint density at radius 3 is 3.00 bits per heavy atom. The zero-order chi connectivity index (χ0) is 13.8. The largest absolute Gasteiger partial charge is 0.480 e. The number of carboxylic acids is 1. The quantitative estimate of drug-likeness (QED) is 0.740. The number of imidazole rings is 1. The molecule has 19 heavy (non-hydrogen) atoms. The number of unbranched alkanes of at least 4 members (excludes halogenated alkanes) is 1. The van der Waals surface area contributed by atoms with Gasteiger partial charge in [-0.2, -0.15) is 0 Å². The van der Waals surface area contributed by atoms with E-state index in [0.717, 1.165) is 23.9 Å². The van der Waals surface area contributed by atoms with E-state index < -0.39 is 12.0 Å². The van der Waals surface area contributed by atoms with Gasteiger partial charge in [0.25, 0.3) is 0 Å². The van der Waals surface area contributed by atoms with E-state index >= 15 is 0 Å². The van der Waals surface area contributed by atoms with Crippen LogP contribution >= 0.6 is 0 Å². The summed E-state index contributed by atoms with van der Waals surface area (Å²) in [6, 6.07) is 5.19. The minimum absolute atomic E-state index is 0.217. The first-order valence-corrected chi connectivity index (χ1v) is 6.56. The smallest absolute Gasteiger partial charge is 0.320 e. The highest BCUT2D eigenvalue weighted by molar-refractivity contribution is 5.77. The second-order valence-corrected chi connectivity index (χ2v) is 4.79. The van der Waals surface area contributed by atoms with Crippen LogP contribution in [0.5, 0.6) is 0 Å². The number of aliphatic carboxylic acids is 1. The summed E-state index contributed by atoms with van der Waals surface area (Å²) in [6.45, 7) is 2.17. The van der Waals surface area contributed by atoms with Crippen molar-refractivity contribution in [2.75, 3.05) is 0 Å². The predicted octanol–water partition coefficient (Wildman–Crippen LogP) is 1.86. The molecule has 0 radical (unpaired) electrons. The highest BCUT2D eigenvalue weighted by Crippen LogP contribution is 2.16. The topological polar surface area (TPSA) is 92.0 Å². The van der Waals surface area contributed by atoms with Gasteiger partial charge < -0.3 is 15.8 Å². The molecule has 0 aliphatic heterocycles. The van der Waals surface area contributed by atoms with Crippen LogP contribution in [0, 0.1) is 0 Å². The number of aryl methyl sites for hydroxylation is 1. The van der Waals surface area contributed by atoms with E-state index in [1.807, 2.05) is 6.07 Å². The summed E-state index contributed by atoms with van der Waals surface area (Å²) in [4.78, 5) is 18.2. The Labute approximate surface area is 111 Å². The lowest BCUT2D eigenvalue weighted by Crippen LogP contribution is -2.32. The van der Waals surface area contributed by atoms with Crippen molar-refractivity contribution in [3.63, 3.8) is 0 Å². The van der Waals surface area contributed by atoms with E-state index in [9.17, 15) is 4.79 Å². The molecule has 1 heterocycles. The minimum Gasteiger partial charge on any atom is -0.480 e. The number of benzene rings is 1. The summed E-state index contributed by atoms with van der Waals surface area (Å²) >= 11 is 0. The molecule has 2 rings (SSSR count). The second-order valence-electron chi connectivity index (χ2n) is 4.79. The van der Waals surface area contributed by atoms with Crippen LogP contribution in [0.4, 0.5) is 0 Å². The Bertz CT molecular complexity index is 577. The molecule has 0 bridgehead atoms. The molecule has 4 N–H and O–H groups in total. The number of rotatable bonds is 6. The van der Waals surface area contributed by atoms with Gasteiger partial charge in [0.2, 0.25) is 0 Å². The van der Waals surface area contributed by atoms with Crippen LogP contribution < -0.4 is 5.73 Å². The minimum atomic E-state index is -1.01. The summed E-state index contributed by atoms with van der Waals surface area (Å²) in [7, 11) is 0. The van der Waals surface area contributed by atoms with Crippen molar-refractivity contribution in [3.8, 4) is 0 Å². The van der Waals surface area contributed by atoms with Crippen LogP contribution in [-0.4, -0.2) is 27.1 Å². The summed E-state index contributed by atoms with van der Waals surface area (Å²) in [5, 5.41) is 8.79. The third kappa shape index (κ3) is 3.32. The molecule has 0 aliphatic rings. The van der Waals surface area contributed by atoms with E-state index in [2.05, 4.69) is 29.0 Å². The maximum atomic E-state index is 10.7. The number of carboxylic acid groups (broad SMARTS) is 1. The summed E-state index contributed by atoms with van der Waals surface area (Å²) in [5.41, 5.74) is 8.58. The molecule has 0 saturated carbocycles. The molecule has 1 atom stereocenters.